The van der Waals surface area contributed by atoms with Crippen molar-refractivity contribution in [2.24, 2.45) is 5.92 Å². The fourth-order valence-corrected chi connectivity index (χ4v) is 4.32. The van der Waals surface area contributed by atoms with Gasteiger partial charge < -0.3 is 4.57 Å². The second kappa shape index (κ2) is 5.15. The van der Waals surface area contributed by atoms with Crippen LogP contribution in [0.2, 0.25) is 0 Å². The zero-order valence-corrected chi connectivity index (χ0v) is 13.5. The van der Waals surface area contributed by atoms with E-state index >= 15 is 0 Å². The minimum Gasteiger partial charge on any atom is -0.322 e. The number of Topliss-reactive ketones (excluding diaryl/α,β-unsaturated/α-hetero) is 1. The number of benzene rings is 2. The van der Waals surface area contributed by atoms with Crippen LogP contribution in [-0.2, 0) is 6.42 Å². The summed E-state index contributed by atoms with van der Waals surface area (Å²) in [6.07, 6.45) is 5.37. The third-order valence-electron chi connectivity index (χ3n) is 5.47. The van der Waals surface area contributed by atoms with E-state index in [1.54, 1.807) is 12.1 Å². The molecule has 0 N–H and O–H groups in total. The van der Waals surface area contributed by atoms with E-state index in [2.05, 4.69) is 27.8 Å². The largest absolute Gasteiger partial charge is 0.322 e. The van der Waals surface area contributed by atoms with Crippen LogP contribution in [-0.4, -0.2) is 15.3 Å². The predicted molar refractivity (Wildman–Crippen MR) is 93.1 cm³/mol. The zero-order valence-electron chi connectivity index (χ0n) is 13.5. The number of hydrogen-bond acceptors (Lipinski definition) is 3. The van der Waals surface area contributed by atoms with Crippen molar-refractivity contribution in [3.05, 3.63) is 77.2 Å². The number of imidazole rings is 1. The first-order valence-corrected chi connectivity index (χ1v) is 8.46. The average Bonchev–Trinajstić information content (AvgIpc) is 3.23. The second-order valence-corrected chi connectivity index (χ2v) is 6.71. The summed E-state index contributed by atoms with van der Waals surface area (Å²) < 4.78 is 2.13. The molecule has 4 heteroatoms. The summed E-state index contributed by atoms with van der Waals surface area (Å²) in [6, 6.07) is 15.9. The Kier molecular flexibility index (Phi) is 2.92. The van der Waals surface area contributed by atoms with Gasteiger partial charge >= 0.3 is 0 Å². The van der Waals surface area contributed by atoms with E-state index in [4.69, 9.17) is 5.26 Å². The lowest BCUT2D eigenvalue weighted by Crippen LogP contribution is -2.30. The summed E-state index contributed by atoms with van der Waals surface area (Å²) in [5, 5.41) is 9.16. The van der Waals surface area contributed by atoms with E-state index in [1.165, 1.54) is 5.56 Å². The molecule has 2 atom stereocenters. The van der Waals surface area contributed by atoms with E-state index < -0.39 is 0 Å². The first-order valence-electron chi connectivity index (χ1n) is 8.46. The van der Waals surface area contributed by atoms with Gasteiger partial charge in [-0.05, 0) is 36.1 Å². The number of carbonyl (C=O) groups is 1. The van der Waals surface area contributed by atoms with Crippen LogP contribution in [0.15, 0.2) is 55.0 Å². The molecule has 2 unspecified atom stereocenters. The molecule has 25 heavy (non-hydrogen) atoms. The van der Waals surface area contributed by atoms with Crippen LogP contribution in [0.1, 0.15) is 39.5 Å². The van der Waals surface area contributed by atoms with Crippen LogP contribution in [0.25, 0.3) is 11.3 Å². The fourth-order valence-electron chi connectivity index (χ4n) is 4.32. The molecule has 1 aromatic heterocycles. The highest BCUT2D eigenvalue weighted by Gasteiger charge is 2.40. The first-order chi connectivity index (χ1) is 12.3. The van der Waals surface area contributed by atoms with Crippen LogP contribution < -0.4 is 0 Å². The minimum atomic E-state index is -0.127. The average molecular weight is 325 g/mol. The van der Waals surface area contributed by atoms with Crippen molar-refractivity contribution in [2.45, 2.75) is 18.9 Å². The number of aromatic nitrogens is 2. The molecule has 0 amide bonds. The maximum Gasteiger partial charge on any atom is 0.168 e. The Morgan fingerprint density at radius 3 is 2.92 bits per heavy atom. The van der Waals surface area contributed by atoms with E-state index in [9.17, 15) is 4.79 Å². The summed E-state index contributed by atoms with van der Waals surface area (Å²) in [6.45, 7) is 0. The molecule has 0 saturated heterocycles. The number of ketones is 1. The highest BCUT2D eigenvalue weighted by molar-refractivity contribution is 6.01. The van der Waals surface area contributed by atoms with Crippen molar-refractivity contribution in [3.8, 4) is 17.3 Å². The van der Waals surface area contributed by atoms with Crippen LogP contribution in [0.3, 0.4) is 0 Å². The predicted octanol–water partition coefficient (Wildman–Crippen LogP) is 3.77. The van der Waals surface area contributed by atoms with Gasteiger partial charge in [-0.15, -0.1) is 0 Å². The molecule has 0 bridgehead atoms. The van der Waals surface area contributed by atoms with Gasteiger partial charge in [0, 0.05) is 17.0 Å². The SMILES string of the molecule is N#Cc1ccc2c(c1)C(=O)C(C1c3ccccc3-c3cncn31)CC2. The van der Waals surface area contributed by atoms with E-state index in [-0.39, 0.29) is 17.7 Å². The van der Waals surface area contributed by atoms with Crippen LogP contribution in [0.5, 0.6) is 0 Å². The van der Waals surface area contributed by atoms with Crippen molar-refractivity contribution in [1.29, 1.82) is 5.26 Å². The summed E-state index contributed by atoms with van der Waals surface area (Å²) in [4.78, 5) is 17.6. The maximum atomic E-state index is 13.3. The summed E-state index contributed by atoms with van der Waals surface area (Å²) in [5.74, 6) is 0.0118. The van der Waals surface area contributed by atoms with Gasteiger partial charge in [0.25, 0.3) is 0 Å². The lowest BCUT2D eigenvalue weighted by atomic mass is 9.76. The molecule has 1 aliphatic heterocycles. The molecule has 2 aromatic carbocycles. The Hall–Kier alpha value is -3.19. The lowest BCUT2D eigenvalue weighted by Gasteiger charge is -2.29. The number of hydrogen-bond donors (Lipinski definition) is 0. The molecule has 2 heterocycles. The quantitative estimate of drug-likeness (QED) is 0.684. The van der Waals surface area contributed by atoms with E-state index in [0.717, 1.165) is 29.7 Å². The Bertz CT molecular complexity index is 1060. The second-order valence-electron chi connectivity index (χ2n) is 6.71. The number of nitrogens with zero attached hydrogens (tertiary/aromatic N) is 3. The van der Waals surface area contributed by atoms with Crippen LogP contribution >= 0.6 is 0 Å². The third-order valence-corrected chi connectivity index (χ3v) is 5.47. The number of aryl methyl sites for hydroxylation is 1. The van der Waals surface area contributed by atoms with Crippen molar-refractivity contribution < 1.29 is 4.79 Å². The molecule has 0 saturated carbocycles. The monoisotopic (exact) mass is 325 g/mol. The Morgan fingerprint density at radius 1 is 1.16 bits per heavy atom. The molecule has 2 aliphatic rings. The number of carbonyl (C=O) groups excluding carboxylic acids is 1. The summed E-state index contributed by atoms with van der Waals surface area (Å²) >= 11 is 0. The summed E-state index contributed by atoms with van der Waals surface area (Å²) in [5.41, 5.74) is 5.74. The zero-order chi connectivity index (χ0) is 17.0. The molecular weight excluding hydrogens is 310 g/mol. The molecule has 1 aliphatic carbocycles. The minimum absolute atomic E-state index is 0.0138. The number of fused-ring (bicyclic) bond motifs is 4. The normalized spacial score (nSPS) is 20.5. The highest BCUT2D eigenvalue weighted by atomic mass is 16.1. The fraction of sp³-hybridized carbons (Fsp3) is 0.190. The summed E-state index contributed by atoms with van der Waals surface area (Å²) in [7, 11) is 0. The van der Waals surface area contributed by atoms with Crippen LogP contribution in [0, 0.1) is 17.2 Å². The molecular formula is C21H15N3O. The Balaban J connectivity index is 1.63. The van der Waals surface area contributed by atoms with Crippen LogP contribution in [0.4, 0.5) is 0 Å². The molecule has 120 valence electrons. The topological polar surface area (TPSA) is 58.7 Å². The molecule has 0 spiro atoms. The van der Waals surface area contributed by atoms with Crippen molar-refractivity contribution in [3.63, 3.8) is 0 Å². The Morgan fingerprint density at radius 2 is 2.04 bits per heavy atom. The van der Waals surface area contributed by atoms with Gasteiger partial charge in [-0.2, -0.15) is 5.26 Å². The van der Waals surface area contributed by atoms with Gasteiger partial charge in [0.1, 0.15) is 0 Å². The molecule has 0 fully saturated rings. The standard InChI is InChI=1S/C21H15N3O/c22-10-13-5-6-14-7-8-17(21(25)18(14)9-13)20-16-4-2-1-3-15(16)19-11-23-12-24(19)20/h1-6,9,11-12,17,20H,7-8H2. The van der Waals surface area contributed by atoms with Gasteiger partial charge in [0.05, 0.1) is 35.9 Å². The van der Waals surface area contributed by atoms with E-state index in [0.29, 0.717) is 11.1 Å². The van der Waals surface area contributed by atoms with Crippen molar-refractivity contribution in [1.82, 2.24) is 9.55 Å². The Labute approximate surface area is 145 Å². The number of rotatable bonds is 1. The highest BCUT2D eigenvalue weighted by Crippen LogP contribution is 2.46. The van der Waals surface area contributed by atoms with Gasteiger partial charge in [0.2, 0.25) is 0 Å². The third kappa shape index (κ3) is 1.93. The van der Waals surface area contributed by atoms with Gasteiger partial charge in [-0.25, -0.2) is 4.98 Å². The van der Waals surface area contributed by atoms with E-state index in [1.807, 2.05) is 30.7 Å². The maximum absolute atomic E-state index is 13.3. The molecule has 3 aromatic rings. The van der Waals surface area contributed by atoms with Crippen molar-refractivity contribution >= 4 is 5.78 Å². The smallest absolute Gasteiger partial charge is 0.168 e. The molecule has 0 radical (unpaired) electrons. The molecule has 4 nitrogen and oxygen atoms in total. The lowest BCUT2D eigenvalue weighted by molar-refractivity contribution is 0.0871. The molecule has 5 rings (SSSR count). The van der Waals surface area contributed by atoms with Gasteiger partial charge in [0.15, 0.2) is 5.78 Å². The van der Waals surface area contributed by atoms with Gasteiger partial charge in [-0.3, -0.25) is 4.79 Å². The number of nitriles is 1. The first kappa shape index (κ1) is 14.2. The van der Waals surface area contributed by atoms with Gasteiger partial charge in [-0.1, -0.05) is 30.3 Å². The van der Waals surface area contributed by atoms with Crippen molar-refractivity contribution in [2.75, 3.05) is 0 Å².